The quantitative estimate of drug-likeness (QED) is 0.863. The summed E-state index contributed by atoms with van der Waals surface area (Å²) in [6.45, 7) is 0.260. The van der Waals surface area contributed by atoms with Gasteiger partial charge in [-0.15, -0.1) is 0 Å². The monoisotopic (exact) mass is 273 g/mol. The van der Waals surface area contributed by atoms with Gasteiger partial charge < -0.3 is 10.4 Å². The first kappa shape index (κ1) is 13.2. The van der Waals surface area contributed by atoms with Crippen molar-refractivity contribution in [2.45, 2.75) is 37.5 Å². The lowest BCUT2D eigenvalue weighted by atomic mass is 9.64. The van der Waals surface area contributed by atoms with Crippen LogP contribution < -0.4 is 5.32 Å². The average molecular weight is 273 g/mol. The van der Waals surface area contributed by atoms with E-state index in [9.17, 15) is 9.59 Å². The summed E-state index contributed by atoms with van der Waals surface area (Å²) in [6, 6.07) is 9.81. The number of carbonyl (C=O) groups excluding carboxylic acids is 1. The van der Waals surface area contributed by atoms with Crippen LogP contribution in [0.4, 0.5) is 0 Å². The van der Waals surface area contributed by atoms with Crippen LogP contribution in [0.15, 0.2) is 30.3 Å². The molecule has 3 rings (SSSR count). The van der Waals surface area contributed by atoms with Crippen molar-refractivity contribution in [2.24, 2.45) is 5.41 Å². The summed E-state index contributed by atoms with van der Waals surface area (Å²) < 4.78 is 0. The second-order valence-corrected chi connectivity index (χ2v) is 6.07. The molecule has 2 saturated carbocycles. The highest BCUT2D eigenvalue weighted by Gasteiger charge is 2.52. The Balaban J connectivity index is 1.71. The van der Waals surface area contributed by atoms with E-state index < -0.39 is 16.8 Å². The zero-order chi connectivity index (χ0) is 14.2. The van der Waals surface area contributed by atoms with Crippen LogP contribution >= 0.6 is 0 Å². The van der Waals surface area contributed by atoms with Gasteiger partial charge in [0.05, 0.1) is 10.8 Å². The summed E-state index contributed by atoms with van der Waals surface area (Å²) >= 11 is 0. The van der Waals surface area contributed by atoms with E-state index in [1.54, 1.807) is 0 Å². The number of carbonyl (C=O) groups is 2. The Morgan fingerprint density at radius 2 is 1.75 bits per heavy atom. The predicted molar refractivity (Wildman–Crippen MR) is 74.3 cm³/mol. The molecular formula is C16H19NO3. The van der Waals surface area contributed by atoms with Crippen molar-refractivity contribution >= 4 is 11.9 Å². The number of rotatable bonds is 5. The zero-order valence-corrected chi connectivity index (χ0v) is 11.4. The molecule has 1 aromatic rings. The summed E-state index contributed by atoms with van der Waals surface area (Å²) in [5.41, 5.74) is -0.0865. The lowest BCUT2D eigenvalue weighted by Crippen LogP contribution is -2.50. The van der Waals surface area contributed by atoms with Crippen LogP contribution in [0.5, 0.6) is 0 Å². The molecule has 1 aromatic carbocycles. The van der Waals surface area contributed by atoms with Crippen molar-refractivity contribution < 1.29 is 14.7 Å². The van der Waals surface area contributed by atoms with Gasteiger partial charge in [0.15, 0.2) is 0 Å². The number of carboxylic acid groups (broad SMARTS) is 1. The minimum atomic E-state index is -0.792. The van der Waals surface area contributed by atoms with Crippen molar-refractivity contribution in [3.8, 4) is 0 Å². The van der Waals surface area contributed by atoms with Gasteiger partial charge in [-0.05, 0) is 31.2 Å². The number of carboxylic acids is 1. The number of nitrogens with one attached hydrogen (secondary N) is 1. The molecule has 2 N–H and O–H groups in total. The maximum atomic E-state index is 12.5. The van der Waals surface area contributed by atoms with Crippen molar-refractivity contribution in [2.75, 3.05) is 6.54 Å². The summed E-state index contributed by atoms with van der Waals surface area (Å²) in [5.74, 6) is -0.803. The third-order valence-electron chi connectivity index (χ3n) is 4.86. The molecule has 2 aliphatic carbocycles. The van der Waals surface area contributed by atoms with E-state index in [0.717, 1.165) is 24.8 Å². The van der Waals surface area contributed by atoms with Gasteiger partial charge in [-0.1, -0.05) is 36.8 Å². The van der Waals surface area contributed by atoms with Crippen molar-refractivity contribution in [3.05, 3.63) is 35.9 Å². The number of hydrogen-bond acceptors (Lipinski definition) is 2. The van der Waals surface area contributed by atoms with Crippen molar-refractivity contribution in [3.63, 3.8) is 0 Å². The maximum absolute atomic E-state index is 12.5. The first-order valence-corrected chi connectivity index (χ1v) is 7.16. The molecule has 0 atom stereocenters. The summed E-state index contributed by atoms with van der Waals surface area (Å²) in [7, 11) is 0. The molecule has 0 spiro atoms. The standard InChI is InChI=1S/C16H19NO3/c18-13(17-11-15(9-10-15)14(19)20)16(7-4-8-16)12-5-2-1-3-6-12/h1-3,5-6H,4,7-11H2,(H,17,18)(H,19,20). The Labute approximate surface area is 118 Å². The van der Waals surface area contributed by atoms with Gasteiger partial charge in [0.2, 0.25) is 5.91 Å². The molecule has 0 aromatic heterocycles. The van der Waals surface area contributed by atoms with Crippen LogP contribution in [0.3, 0.4) is 0 Å². The third-order valence-corrected chi connectivity index (χ3v) is 4.86. The van der Waals surface area contributed by atoms with E-state index in [4.69, 9.17) is 5.11 Å². The molecule has 4 nitrogen and oxygen atoms in total. The first-order chi connectivity index (χ1) is 9.59. The van der Waals surface area contributed by atoms with E-state index in [1.807, 2.05) is 30.3 Å². The van der Waals surface area contributed by atoms with E-state index in [2.05, 4.69) is 5.32 Å². The Hall–Kier alpha value is -1.84. The highest BCUT2D eigenvalue weighted by Crippen LogP contribution is 2.47. The van der Waals surface area contributed by atoms with Crippen LogP contribution in [-0.2, 0) is 15.0 Å². The second kappa shape index (κ2) is 4.62. The normalized spacial score (nSPS) is 21.6. The number of aliphatic carboxylic acids is 1. The van der Waals surface area contributed by atoms with Crippen molar-refractivity contribution in [1.82, 2.24) is 5.32 Å². The summed E-state index contributed by atoms with van der Waals surface area (Å²) in [6.07, 6.45) is 4.08. The van der Waals surface area contributed by atoms with Gasteiger partial charge in [0.25, 0.3) is 0 Å². The fourth-order valence-electron chi connectivity index (χ4n) is 2.97. The van der Waals surface area contributed by atoms with Gasteiger partial charge in [0, 0.05) is 6.54 Å². The van der Waals surface area contributed by atoms with Gasteiger partial charge in [-0.2, -0.15) is 0 Å². The lowest BCUT2D eigenvalue weighted by molar-refractivity contribution is -0.143. The molecule has 20 heavy (non-hydrogen) atoms. The minimum absolute atomic E-state index is 0.0116. The largest absolute Gasteiger partial charge is 0.481 e. The van der Waals surface area contributed by atoms with Gasteiger partial charge >= 0.3 is 5.97 Å². The van der Waals surface area contributed by atoms with Crippen LogP contribution in [0.1, 0.15) is 37.7 Å². The topological polar surface area (TPSA) is 66.4 Å². The Bertz CT molecular complexity index is 530. The molecule has 0 unspecified atom stereocenters. The third kappa shape index (κ3) is 1.99. The fraction of sp³-hybridized carbons (Fsp3) is 0.500. The molecule has 0 heterocycles. The maximum Gasteiger partial charge on any atom is 0.311 e. The molecule has 2 aliphatic rings. The molecule has 0 aliphatic heterocycles. The first-order valence-electron chi connectivity index (χ1n) is 7.16. The number of hydrogen-bond donors (Lipinski definition) is 2. The van der Waals surface area contributed by atoms with E-state index in [-0.39, 0.29) is 12.5 Å². The molecule has 106 valence electrons. The molecule has 0 bridgehead atoms. The highest BCUT2D eigenvalue weighted by molar-refractivity contribution is 5.90. The Morgan fingerprint density at radius 3 is 2.20 bits per heavy atom. The van der Waals surface area contributed by atoms with Crippen LogP contribution in [0, 0.1) is 5.41 Å². The van der Waals surface area contributed by atoms with Crippen LogP contribution in [0.25, 0.3) is 0 Å². The van der Waals surface area contributed by atoms with E-state index in [1.165, 1.54) is 0 Å². The van der Waals surface area contributed by atoms with E-state index >= 15 is 0 Å². The fourth-order valence-corrected chi connectivity index (χ4v) is 2.97. The number of benzene rings is 1. The van der Waals surface area contributed by atoms with Crippen LogP contribution in [0.2, 0.25) is 0 Å². The second-order valence-electron chi connectivity index (χ2n) is 6.07. The number of amides is 1. The van der Waals surface area contributed by atoms with E-state index in [0.29, 0.717) is 12.8 Å². The smallest absolute Gasteiger partial charge is 0.311 e. The Kier molecular flexibility index (Phi) is 3.04. The molecule has 0 radical (unpaired) electrons. The van der Waals surface area contributed by atoms with Gasteiger partial charge in [-0.25, -0.2) is 0 Å². The summed E-state index contributed by atoms with van der Waals surface area (Å²) in [4.78, 5) is 23.7. The SMILES string of the molecule is O=C(O)C1(CNC(=O)C2(c3ccccc3)CCC2)CC1. The minimum Gasteiger partial charge on any atom is -0.481 e. The average Bonchev–Trinajstić information content (AvgIpc) is 3.17. The van der Waals surface area contributed by atoms with Gasteiger partial charge in [-0.3, -0.25) is 9.59 Å². The van der Waals surface area contributed by atoms with Crippen LogP contribution in [-0.4, -0.2) is 23.5 Å². The molecule has 1 amide bonds. The summed E-state index contributed by atoms with van der Waals surface area (Å²) in [5, 5.41) is 12.0. The predicted octanol–water partition coefficient (Wildman–Crippen LogP) is 2.09. The molecule has 2 fully saturated rings. The Morgan fingerprint density at radius 1 is 1.10 bits per heavy atom. The molecular weight excluding hydrogens is 254 g/mol. The molecule has 0 saturated heterocycles. The zero-order valence-electron chi connectivity index (χ0n) is 11.4. The highest BCUT2D eigenvalue weighted by atomic mass is 16.4. The van der Waals surface area contributed by atoms with Gasteiger partial charge in [0.1, 0.15) is 0 Å². The lowest BCUT2D eigenvalue weighted by Gasteiger charge is -2.41. The molecule has 4 heteroatoms. The van der Waals surface area contributed by atoms with Crippen molar-refractivity contribution in [1.29, 1.82) is 0 Å².